The van der Waals surface area contributed by atoms with E-state index < -0.39 is 51.6 Å². The van der Waals surface area contributed by atoms with Crippen molar-refractivity contribution in [1.29, 1.82) is 5.26 Å². The van der Waals surface area contributed by atoms with Crippen LogP contribution in [0.1, 0.15) is 44.7 Å². The first kappa shape index (κ1) is 27.6. The Kier molecular flexibility index (Phi) is 7.54. The van der Waals surface area contributed by atoms with Crippen molar-refractivity contribution in [1.82, 2.24) is 10.6 Å². The van der Waals surface area contributed by atoms with E-state index >= 15 is 0 Å². The number of hydrogen-bond donors (Lipinski definition) is 2. The van der Waals surface area contributed by atoms with E-state index in [9.17, 15) is 36.0 Å². The summed E-state index contributed by atoms with van der Waals surface area (Å²) >= 11 is 0. The Morgan fingerprint density at radius 2 is 1.53 bits per heavy atom. The molecule has 36 heavy (non-hydrogen) atoms. The number of carbonyl (C=O) groups is 1. The molecule has 0 saturated heterocycles. The number of carbonyl (C=O) groups excluding carboxylic acids is 1. The Morgan fingerprint density at radius 3 is 1.92 bits per heavy atom. The average Bonchev–Trinajstić information content (AvgIpc) is 3.54. The van der Waals surface area contributed by atoms with Gasteiger partial charge in [0.05, 0.1) is 17.0 Å². The number of benzene rings is 2. The molecular formula is C25H27F4N3O3S. The molecule has 194 valence electrons. The fourth-order valence-electron chi connectivity index (χ4n) is 3.77. The Hall–Kier alpha value is -2.97. The van der Waals surface area contributed by atoms with Gasteiger partial charge in [-0.25, -0.2) is 12.8 Å². The molecule has 1 aliphatic rings. The van der Waals surface area contributed by atoms with Crippen LogP contribution in [0, 0.1) is 11.3 Å². The summed E-state index contributed by atoms with van der Waals surface area (Å²) in [7, 11) is -3.39. The lowest BCUT2D eigenvalue weighted by atomic mass is 9.96. The van der Waals surface area contributed by atoms with Gasteiger partial charge in [0.25, 0.3) is 0 Å². The van der Waals surface area contributed by atoms with Gasteiger partial charge >= 0.3 is 6.18 Å². The second kappa shape index (κ2) is 9.82. The van der Waals surface area contributed by atoms with Gasteiger partial charge in [-0.1, -0.05) is 36.4 Å². The zero-order valence-corrected chi connectivity index (χ0v) is 20.8. The molecule has 1 amide bonds. The molecule has 2 aromatic carbocycles. The van der Waals surface area contributed by atoms with Crippen molar-refractivity contribution < 1.29 is 30.8 Å². The molecule has 1 aliphatic carbocycles. The minimum absolute atomic E-state index is 0.119. The van der Waals surface area contributed by atoms with Crippen molar-refractivity contribution in [2.75, 3.05) is 6.26 Å². The summed E-state index contributed by atoms with van der Waals surface area (Å²) in [6.07, 6.45) is -3.49. The first-order chi connectivity index (χ1) is 16.5. The van der Waals surface area contributed by atoms with Gasteiger partial charge in [-0.2, -0.15) is 18.4 Å². The largest absolute Gasteiger partial charge is 0.407 e. The zero-order chi connectivity index (χ0) is 26.9. The fourth-order valence-corrected chi connectivity index (χ4v) is 4.40. The van der Waals surface area contributed by atoms with E-state index in [2.05, 4.69) is 10.6 Å². The van der Waals surface area contributed by atoms with Crippen LogP contribution in [0.3, 0.4) is 0 Å². The highest BCUT2D eigenvalue weighted by molar-refractivity contribution is 7.90. The summed E-state index contributed by atoms with van der Waals surface area (Å²) in [4.78, 5) is 12.9. The summed E-state index contributed by atoms with van der Waals surface area (Å²) in [5, 5.41) is 13.9. The Balaban J connectivity index is 1.86. The van der Waals surface area contributed by atoms with Gasteiger partial charge in [-0.3, -0.25) is 10.1 Å². The number of rotatable bonds is 9. The number of nitrogens with one attached hydrogen (secondary N) is 2. The van der Waals surface area contributed by atoms with Crippen molar-refractivity contribution in [3.05, 3.63) is 54.1 Å². The highest BCUT2D eigenvalue weighted by Gasteiger charge is 2.48. The van der Waals surface area contributed by atoms with Crippen molar-refractivity contribution in [3.8, 4) is 17.2 Å². The first-order valence-electron chi connectivity index (χ1n) is 11.2. The summed E-state index contributed by atoms with van der Waals surface area (Å²) in [6.45, 7) is 2.33. The summed E-state index contributed by atoms with van der Waals surface area (Å²) in [5.41, 5.74) is -2.08. The molecule has 2 N–H and O–H groups in total. The van der Waals surface area contributed by atoms with Gasteiger partial charge in [0, 0.05) is 12.7 Å². The van der Waals surface area contributed by atoms with E-state index in [0.29, 0.717) is 24.0 Å². The van der Waals surface area contributed by atoms with Crippen molar-refractivity contribution in [2.24, 2.45) is 0 Å². The minimum atomic E-state index is -4.80. The highest BCUT2D eigenvalue weighted by atomic mass is 32.2. The van der Waals surface area contributed by atoms with Crippen LogP contribution >= 0.6 is 0 Å². The van der Waals surface area contributed by atoms with E-state index in [4.69, 9.17) is 0 Å². The standard InChI is InChI=1S/C25H27F4N3O3S/c1-23(2,26)14-20(22(33)32-24(15-30)12-13-24)31-21(25(27,28)29)18-6-4-16(5-7-18)17-8-10-19(11-9-17)36(3,34)35/h4-11,20-21,31H,12-14H2,1-3H3,(H,32,33)/t20-,21-/m1/s1. The minimum Gasteiger partial charge on any atom is -0.336 e. The molecular weight excluding hydrogens is 498 g/mol. The van der Waals surface area contributed by atoms with Crippen LogP contribution in [0.2, 0.25) is 0 Å². The van der Waals surface area contributed by atoms with Gasteiger partial charge in [0.2, 0.25) is 5.91 Å². The highest BCUT2D eigenvalue weighted by Crippen LogP contribution is 2.37. The maximum Gasteiger partial charge on any atom is 0.407 e. The number of nitriles is 1. The van der Waals surface area contributed by atoms with Crippen molar-refractivity contribution in [2.45, 2.75) is 67.5 Å². The summed E-state index contributed by atoms with van der Waals surface area (Å²) in [6, 6.07) is 9.47. The van der Waals surface area contributed by atoms with Gasteiger partial charge < -0.3 is 5.32 Å². The van der Waals surface area contributed by atoms with E-state index in [-0.39, 0.29) is 10.5 Å². The van der Waals surface area contributed by atoms with Gasteiger partial charge in [0.15, 0.2) is 9.84 Å². The quantitative estimate of drug-likeness (QED) is 0.465. The van der Waals surface area contributed by atoms with Crippen molar-refractivity contribution in [3.63, 3.8) is 0 Å². The van der Waals surface area contributed by atoms with E-state index in [1.54, 1.807) is 12.1 Å². The van der Waals surface area contributed by atoms with Crippen LogP contribution in [0.25, 0.3) is 11.1 Å². The topological polar surface area (TPSA) is 99.1 Å². The molecule has 6 nitrogen and oxygen atoms in total. The van der Waals surface area contributed by atoms with Crippen LogP contribution in [0.5, 0.6) is 0 Å². The second-order valence-electron chi connectivity index (χ2n) is 9.72. The molecule has 0 radical (unpaired) electrons. The van der Waals surface area contributed by atoms with Gasteiger partial charge in [0.1, 0.15) is 17.2 Å². The molecule has 2 atom stereocenters. The monoisotopic (exact) mass is 525 g/mol. The van der Waals surface area contributed by atoms with Crippen LogP contribution in [0.15, 0.2) is 53.4 Å². The first-order valence-corrected chi connectivity index (χ1v) is 13.1. The van der Waals surface area contributed by atoms with E-state index in [1.807, 2.05) is 6.07 Å². The zero-order valence-electron chi connectivity index (χ0n) is 20.0. The molecule has 2 aromatic rings. The molecule has 0 aromatic heterocycles. The Morgan fingerprint density at radius 1 is 1.03 bits per heavy atom. The molecule has 1 fully saturated rings. The summed E-state index contributed by atoms with van der Waals surface area (Å²) < 4.78 is 79.9. The molecule has 0 spiro atoms. The fraction of sp³-hybridized carbons (Fsp3) is 0.440. The normalized spacial score (nSPS) is 17.1. The average molecular weight is 526 g/mol. The number of nitrogens with zero attached hydrogens (tertiary/aromatic N) is 1. The third-order valence-corrected chi connectivity index (χ3v) is 7.02. The predicted molar refractivity (Wildman–Crippen MR) is 126 cm³/mol. The molecule has 0 unspecified atom stereocenters. The smallest absolute Gasteiger partial charge is 0.336 e. The predicted octanol–water partition coefficient (Wildman–Crippen LogP) is 4.63. The number of alkyl halides is 4. The molecule has 11 heteroatoms. The maximum absolute atomic E-state index is 14.4. The lowest BCUT2D eigenvalue weighted by Crippen LogP contribution is -2.53. The number of halogens is 4. The van der Waals surface area contributed by atoms with E-state index in [0.717, 1.165) is 6.26 Å². The maximum atomic E-state index is 14.4. The van der Waals surface area contributed by atoms with Gasteiger partial charge in [-0.15, -0.1) is 0 Å². The summed E-state index contributed by atoms with van der Waals surface area (Å²) in [5.74, 6) is -0.864. The Labute approximate surface area is 207 Å². The van der Waals surface area contributed by atoms with Crippen LogP contribution < -0.4 is 10.6 Å². The van der Waals surface area contributed by atoms with Gasteiger partial charge in [-0.05, 0) is 55.5 Å². The lowest BCUT2D eigenvalue weighted by molar-refractivity contribution is -0.161. The molecule has 3 rings (SSSR count). The third-order valence-electron chi connectivity index (χ3n) is 5.89. The molecule has 1 saturated carbocycles. The molecule has 0 aliphatic heterocycles. The van der Waals surface area contributed by atoms with Crippen molar-refractivity contribution >= 4 is 15.7 Å². The van der Waals surface area contributed by atoms with Crippen LogP contribution in [0.4, 0.5) is 17.6 Å². The lowest BCUT2D eigenvalue weighted by Gasteiger charge is -2.30. The van der Waals surface area contributed by atoms with Crippen LogP contribution in [-0.2, 0) is 14.6 Å². The van der Waals surface area contributed by atoms with E-state index in [1.165, 1.54) is 50.2 Å². The SMILES string of the molecule is CC(C)(F)C[C@@H](N[C@H](c1ccc(-c2ccc(S(C)(=O)=O)cc2)cc1)C(F)(F)F)C(=O)NC1(C#N)CC1. The van der Waals surface area contributed by atoms with Crippen LogP contribution in [-0.4, -0.2) is 44.0 Å². The molecule has 0 bridgehead atoms. The third kappa shape index (κ3) is 7.04. The number of amides is 1. The number of hydrogen-bond acceptors (Lipinski definition) is 5. The molecule has 0 heterocycles. The second-order valence-corrected chi connectivity index (χ2v) is 11.7. The number of sulfone groups is 1. The Bertz CT molecular complexity index is 1240.